The Morgan fingerprint density at radius 2 is 2.04 bits per heavy atom. The number of carbonyl (C=O) groups excluding carboxylic acids is 1. The fourth-order valence-corrected chi connectivity index (χ4v) is 3.81. The molecular formula is C22H24N4OS. The van der Waals surface area contributed by atoms with Crippen LogP contribution < -0.4 is 5.32 Å². The van der Waals surface area contributed by atoms with Crippen molar-refractivity contribution in [3.05, 3.63) is 84.3 Å². The number of hydrogen-bond donors (Lipinski definition) is 1. The molecule has 0 bridgehead atoms. The monoisotopic (exact) mass is 392 g/mol. The fraction of sp³-hybridized carbons (Fsp3) is 0.227. The van der Waals surface area contributed by atoms with E-state index >= 15 is 0 Å². The van der Waals surface area contributed by atoms with E-state index in [-0.39, 0.29) is 11.8 Å². The average molecular weight is 393 g/mol. The van der Waals surface area contributed by atoms with Crippen LogP contribution in [-0.4, -0.2) is 27.5 Å². The maximum absolute atomic E-state index is 13.3. The number of nitrogens with zero attached hydrogens (tertiary/aromatic N) is 3. The van der Waals surface area contributed by atoms with Gasteiger partial charge in [0.25, 0.3) is 0 Å². The first-order valence-corrected chi connectivity index (χ1v) is 9.87. The zero-order chi connectivity index (χ0) is 20.1. The lowest BCUT2D eigenvalue weighted by Gasteiger charge is -2.34. The number of aliphatic imine (C=N–C) groups is 1. The highest BCUT2D eigenvalue weighted by Crippen LogP contribution is 2.41. The predicted molar refractivity (Wildman–Crippen MR) is 117 cm³/mol. The molecule has 5 nitrogen and oxygen atoms in total. The molecule has 6 heteroatoms. The lowest BCUT2D eigenvalue weighted by molar-refractivity contribution is -0.128. The van der Waals surface area contributed by atoms with E-state index in [1.54, 1.807) is 18.8 Å². The van der Waals surface area contributed by atoms with Gasteiger partial charge in [-0.3, -0.25) is 9.79 Å². The SMILES string of the molecule is C=CSC(=NC)NC(=O)C(C)(C)C(c1ccccc1)c1ccn2cncc2c1. The lowest BCUT2D eigenvalue weighted by Crippen LogP contribution is -2.43. The average Bonchev–Trinajstić information content (AvgIpc) is 3.16. The van der Waals surface area contributed by atoms with Crippen molar-refractivity contribution < 1.29 is 4.79 Å². The largest absolute Gasteiger partial charge is 0.306 e. The molecule has 3 rings (SSSR count). The van der Waals surface area contributed by atoms with Crippen LogP contribution in [0.25, 0.3) is 5.52 Å². The molecule has 2 heterocycles. The molecule has 0 saturated heterocycles. The molecular weight excluding hydrogens is 368 g/mol. The summed E-state index contributed by atoms with van der Waals surface area (Å²) in [7, 11) is 1.65. The summed E-state index contributed by atoms with van der Waals surface area (Å²) in [6, 6.07) is 14.2. The van der Waals surface area contributed by atoms with Crippen molar-refractivity contribution in [2.45, 2.75) is 19.8 Å². The second-order valence-corrected chi connectivity index (χ2v) is 7.97. The zero-order valence-corrected chi connectivity index (χ0v) is 17.1. The second kappa shape index (κ2) is 8.44. The number of fused-ring (bicyclic) bond motifs is 1. The maximum Gasteiger partial charge on any atom is 0.232 e. The van der Waals surface area contributed by atoms with Gasteiger partial charge in [-0.15, -0.1) is 0 Å². The molecule has 144 valence electrons. The van der Waals surface area contributed by atoms with E-state index < -0.39 is 5.41 Å². The molecule has 0 fully saturated rings. The Hall–Kier alpha value is -2.86. The Balaban J connectivity index is 2.05. The van der Waals surface area contributed by atoms with Gasteiger partial charge in [0.1, 0.15) is 0 Å². The Morgan fingerprint density at radius 3 is 2.71 bits per heavy atom. The first-order chi connectivity index (χ1) is 13.5. The number of hydrogen-bond acceptors (Lipinski definition) is 4. The summed E-state index contributed by atoms with van der Waals surface area (Å²) in [5, 5.41) is 5.13. The number of imidazole rings is 1. The second-order valence-electron chi connectivity index (χ2n) is 7.02. The number of aromatic nitrogens is 2. The third-order valence-corrected chi connectivity index (χ3v) is 5.50. The van der Waals surface area contributed by atoms with Gasteiger partial charge in [0.2, 0.25) is 5.91 Å². The van der Waals surface area contributed by atoms with Crippen molar-refractivity contribution in [2.24, 2.45) is 10.4 Å². The number of benzene rings is 1. The molecule has 3 aromatic rings. The van der Waals surface area contributed by atoms with Crippen molar-refractivity contribution >= 4 is 28.4 Å². The molecule has 0 aliphatic carbocycles. The summed E-state index contributed by atoms with van der Waals surface area (Å²) in [6.45, 7) is 7.62. The van der Waals surface area contributed by atoms with Crippen molar-refractivity contribution in [1.29, 1.82) is 0 Å². The van der Waals surface area contributed by atoms with Gasteiger partial charge in [0.15, 0.2) is 5.17 Å². The molecule has 1 aromatic carbocycles. The summed E-state index contributed by atoms with van der Waals surface area (Å²) >= 11 is 1.30. The number of amidine groups is 1. The Bertz CT molecular complexity index is 1010. The highest BCUT2D eigenvalue weighted by molar-refractivity contribution is 8.16. The van der Waals surface area contributed by atoms with E-state index in [9.17, 15) is 4.79 Å². The standard InChI is InChI=1S/C22H24N4OS/c1-5-28-21(23-4)25-20(27)22(2,3)19(16-9-7-6-8-10-16)17-11-12-26-15-24-14-18(26)13-17/h5-15,19H,1H2,2-4H3,(H,23,25,27). The van der Waals surface area contributed by atoms with Crippen LogP contribution in [0, 0.1) is 5.41 Å². The summed E-state index contributed by atoms with van der Waals surface area (Å²) in [5.41, 5.74) is 2.41. The van der Waals surface area contributed by atoms with E-state index in [1.165, 1.54) is 11.8 Å². The van der Waals surface area contributed by atoms with Crippen LogP contribution in [-0.2, 0) is 4.79 Å². The summed E-state index contributed by atoms with van der Waals surface area (Å²) in [4.78, 5) is 21.6. The summed E-state index contributed by atoms with van der Waals surface area (Å²) in [6.07, 6.45) is 5.57. The Labute approximate surface area is 169 Å². The van der Waals surface area contributed by atoms with Crippen LogP contribution in [0.15, 0.2) is 78.2 Å². The van der Waals surface area contributed by atoms with Gasteiger partial charge >= 0.3 is 0 Å². The van der Waals surface area contributed by atoms with Gasteiger partial charge in [0.05, 0.1) is 23.5 Å². The number of thioether (sulfide) groups is 1. The molecule has 0 radical (unpaired) electrons. The van der Waals surface area contributed by atoms with Gasteiger partial charge in [-0.1, -0.05) is 62.5 Å². The molecule has 1 atom stereocenters. The number of amides is 1. The normalized spacial score (nSPS) is 13.3. The lowest BCUT2D eigenvalue weighted by atomic mass is 9.70. The molecule has 1 amide bonds. The van der Waals surface area contributed by atoms with Gasteiger partial charge in [-0.2, -0.15) is 0 Å². The van der Waals surface area contributed by atoms with Crippen molar-refractivity contribution in [3.63, 3.8) is 0 Å². The minimum absolute atomic E-state index is 0.0929. The number of carbonyl (C=O) groups is 1. The van der Waals surface area contributed by atoms with Crippen molar-refractivity contribution in [3.8, 4) is 0 Å². The van der Waals surface area contributed by atoms with Gasteiger partial charge in [0, 0.05) is 19.2 Å². The minimum Gasteiger partial charge on any atom is -0.306 e. The van der Waals surface area contributed by atoms with E-state index in [1.807, 2.05) is 48.8 Å². The highest BCUT2D eigenvalue weighted by atomic mass is 32.2. The van der Waals surface area contributed by atoms with Crippen LogP contribution >= 0.6 is 11.8 Å². The van der Waals surface area contributed by atoms with Crippen molar-refractivity contribution in [1.82, 2.24) is 14.7 Å². The van der Waals surface area contributed by atoms with Crippen LogP contribution in [0.1, 0.15) is 30.9 Å². The molecule has 0 saturated carbocycles. The molecule has 1 unspecified atom stereocenters. The first-order valence-electron chi connectivity index (χ1n) is 8.99. The number of pyridine rings is 1. The third-order valence-electron chi connectivity index (χ3n) is 4.83. The first kappa shape index (κ1) is 19.9. The molecule has 2 aromatic heterocycles. The topological polar surface area (TPSA) is 58.8 Å². The van der Waals surface area contributed by atoms with Crippen LogP contribution in [0.5, 0.6) is 0 Å². The van der Waals surface area contributed by atoms with Crippen LogP contribution in [0.4, 0.5) is 0 Å². The highest BCUT2D eigenvalue weighted by Gasteiger charge is 2.39. The predicted octanol–water partition coefficient (Wildman–Crippen LogP) is 4.47. The van der Waals surface area contributed by atoms with E-state index in [4.69, 9.17) is 0 Å². The number of nitrogens with one attached hydrogen (secondary N) is 1. The molecule has 0 aliphatic heterocycles. The summed E-state index contributed by atoms with van der Waals surface area (Å²) in [5.74, 6) is -0.231. The number of rotatable bonds is 5. The fourth-order valence-electron chi connectivity index (χ4n) is 3.39. The van der Waals surface area contributed by atoms with Gasteiger partial charge in [-0.25, -0.2) is 4.98 Å². The Kier molecular flexibility index (Phi) is 5.99. The van der Waals surface area contributed by atoms with Gasteiger partial charge < -0.3 is 9.72 Å². The molecule has 1 N–H and O–H groups in total. The molecule has 28 heavy (non-hydrogen) atoms. The quantitative estimate of drug-likeness (QED) is 0.515. The van der Waals surface area contributed by atoms with E-state index in [0.29, 0.717) is 5.17 Å². The maximum atomic E-state index is 13.3. The molecule has 0 aliphatic rings. The Morgan fingerprint density at radius 1 is 1.29 bits per heavy atom. The third kappa shape index (κ3) is 4.02. The van der Waals surface area contributed by atoms with E-state index in [0.717, 1.165) is 16.6 Å². The van der Waals surface area contributed by atoms with E-state index in [2.05, 4.69) is 46.1 Å². The minimum atomic E-state index is -0.725. The van der Waals surface area contributed by atoms with Crippen LogP contribution in [0.2, 0.25) is 0 Å². The van der Waals surface area contributed by atoms with Crippen LogP contribution in [0.3, 0.4) is 0 Å². The summed E-state index contributed by atoms with van der Waals surface area (Å²) < 4.78 is 1.96. The van der Waals surface area contributed by atoms with Gasteiger partial charge in [-0.05, 0) is 28.7 Å². The van der Waals surface area contributed by atoms with Crippen molar-refractivity contribution in [2.75, 3.05) is 7.05 Å². The zero-order valence-electron chi connectivity index (χ0n) is 16.3. The smallest absolute Gasteiger partial charge is 0.232 e. The molecule has 0 spiro atoms.